The summed E-state index contributed by atoms with van der Waals surface area (Å²) in [6, 6.07) is 81.2. The van der Waals surface area contributed by atoms with Gasteiger partial charge in [0.2, 0.25) is 0 Å². The second-order valence-corrected chi connectivity index (χ2v) is 15.3. The van der Waals surface area contributed by atoms with E-state index in [1.165, 1.54) is 21.9 Å². The molecule has 2 aromatic heterocycles. The van der Waals surface area contributed by atoms with Crippen LogP contribution in [0.4, 0.5) is 0 Å². The third-order valence-electron chi connectivity index (χ3n) is 11.4. The first-order valence-electron chi connectivity index (χ1n) is 20.6. The maximum Gasteiger partial charge on any atom is 0.166 e. The molecule has 0 aliphatic heterocycles. The molecule has 286 valence electrons. The van der Waals surface area contributed by atoms with Crippen LogP contribution in [-0.2, 0) is 0 Å². The van der Waals surface area contributed by atoms with Crippen molar-refractivity contribution in [3.8, 4) is 84.4 Å². The molecule has 4 heteroatoms. The molecule has 11 rings (SSSR count). The van der Waals surface area contributed by atoms with Crippen molar-refractivity contribution in [2.75, 3.05) is 0 Å². The molecular weight excluding hydrogens is 741 g/mol. The van der Waals surface area contributed by atoms with Gasteiger partial charge >= 0.3 is 0 Å². The van der Waals surface area contributed by atoms with Gasteiger partial charge in [-0.3, -0.25) is 0 Å². The van der Waals surface area contributed by atoms with Gasteiger partial charge in [0.05, 0.1) is 16.7 Å². The molecule has 0 saturated carbocycles. The lowest BCUT2D eigenvalue weighted by Crippen LogP contribution is -2.04. The lowest BCUT2D eigenvalue weighted by molar-refractivity contribution is 1.06. The summed E-state index contributed by atoms with van der Waals surface area (Å²) in [6.45, 7) is 0. The Kier molecular flexibility index (Phi) is 9.14. The van der Waals surface area contributed by atoms with Gasteiger partial charge in [-0.05, 0) is 93.0 Å². The van der Waals surface area contributed by atoms with Gasteiger partial charge in [0.25, 0.3) is 0 Å². The third-order valence-corrected chi connectivity index (χ3v) is 11.4. The van der Waals surface area contributed by atoms with Crippen LogP contribution in [0.3, 0.4) is 0 Å². The van der Waals surface area contributed by atoms with E-state index in [1.807, 2.05) is 18.2 Å². The quantitative estimate of drug-likeness (QED) is 0.154. The van der Waals surface area contributed by atoms with E-state index in [4.69, 9.17) is 15.0 Å². The Hall–Kier alpha value is -8.21. The van der Waals surface area contributed by atoms with E-state index < -0.39 is 0 Å². The standard InChI is InChI=1S/C57H38N4/c1-5-18-39(19-6-1)43-26-17-27-44(34-43)45-32-33-51(54(38-45)61-52-30-15-13-28-49(52)50-29-14-16-31-53(50)61)57-59-55(42-24-11-4-12-25-42)58-56(60-57)48-36-46(40-20-7-2-8-21-40)35-47(37-48)41-22-9-3-10-23-41/h1-38H. The summed E-state index contributed by atoms with van der Waals surface area (Å²) >= 11 is 0. The van der Waals surface area contributed by atoms with Crippen molar-refractivity contribution >= 4 is 21.8 Å². The van der Waals surface area contributed by atoms with E-state index in [-0.39, 0.29) is 0 Å². The summed E-state index contributed by atoms with van der Waals surface area (Å²) in [7, 11) is 0. The fraction of sp³-hybridized carbons (Fsp3) is 0. The maximum atomic E-state index is 5.42. The molecule has 0 spiro atoms. The molecule has 0 aliphatic rings. The fourth-order valence-electron chi connectivity index (χ4n) is 8.47. The average molecular weight is 779 g/mol. The van der Waals surface area contributed by atoms with Crippen molar-refractivity contribution < 1.29 is 0 Å². The number of hydrogen-bond donors (Lipinski definition) is 0. The molecule has 2 heterocycles. The highest BCUT2D eigenvalue weighted by Crippen LogP contribution is 2.40. The van der Waals surface area contributed by atoms with Crippen LogP contribution in [-0.4, -0.2) is 19.5 Å². The Morgan fingerprint density at radius 1 is 0.246 bits per heavy atom. The smallest absolute Gasteiger partial charge is 0.166 e. The van der Waals surface area contributed by atoms with Gasteiger partial charge in [-0.25, -0.2) is 15.0 Å². The molecule has 61 heavy (non-hydrogen) atoms. The highest BCUT2D eigenvalue weighted by molar-refractivity contribution is 6.09. The minimum Gasteiger partial charge on any atom is -0.308 e. The van der Waals surface area contributed by atoms with E-state index in [1.54, 1.807) is 0 Å². The molecule has 0 aliphatic carbocycles. The molecule has 0 bridgehead atoms. The second-order valence-electron chi connectivity index (χ2n) is 15.3. The van der Waals surface area contributed by atoms with Crippen LogP contribution in [0, 0.1) is 0 Å². The predicted molar refractivity (Wildman–Crippen MR) is 252 cm³/mol. The van der Waals surface area contributed by atoms with Crippen molar-refractivity contribution in [1.29, 1.82) is 0 Å². The largest absolute Gasteiger partial charge is 0.308 e. The molecule has 0 atom stereocenters. The van der Waals surface area contributed by atoms with Gasteiger partial charge < -0.3 is 4.57 Å². The number of hydrogen-bond acceptors (Lipinski definition) is 3. The van der Waals surface area contributed by atoms with E-state index >= 15 is 0 Å². The van der Waals surface area contributed by atoms with Crippen LogP contribution in [0.2, 0.25) is 0 Å². The Bertz CT molecular complexity index is 3230. The second kappa shape index (κ2) is 15.5. The van der Waals surface area contributed by atoms with Gasteiger partial charge in [-0.1, -0.05) is 182 Å². The van der Waals surface area contributed by atoms with Crippen LogP contribution in [0.25, 0.3) is 106 Å². The molecule has 0 saturated heterocycles. The van der Waals surface area contributed by atoms with Crippen molar-refractivity contribution in [3.63, 3.8) is 0 Å². The molecule has 11 aromatic rings. The minimum absolute atomic E-state index is 0.594. The summed E-state index contributed by atoms with van der Waals surface area (Å²) in [5.41, 5.74) is 14.9. The zero-order valence-electron chi connectivity index (χ0n) is 33.2. The number of nitrogens with zero attached hydrogens (tertiary/aromatic N) is 4. The average Bonchev–Trinajstić information content (AvgIpc) is 3.69. The summed E-state index contributed by atoms with van der Waals surface area (Å²) < 4.78 is 2.37. The molecule has 9 aromatic carbocycles. The Morgan fingerprint density at radius 3 is 1.18 bits per heavy atom. The summed E-state index contributed by atoms with van der Waals surface area (Å²) in [5, 5.41) is 2.38. The van der Waals surface area contributed by atoms with Gasteiger partial charge in [0.15, 0.2) is 17.5 Å². The zero-order valence-corrected chi connectivity index (χ0v) is 33.2. The SMILES string of the molecule is c1ccc(-c2cccc(-c3ccc(-c4nc(-c5ccccc5)nc(-c5cc(-c6ccccc6)cc(-c6ccccc6)c5)n4)c(-n4c5ccccc5c5ccccc54)c3)c2)cc1. The van der Waals surface area contributed by atoms with Crippen LogP contribution >= 0.6 is 0 Å². The normalized spacial score (nSPS) is 11.3. The molecule has 0 radical (unpaired) electrons. The van der Waals surface area contributed by atoms with Crippen LogP contribution in [0.15, 0.2) is 231 Å². The van der Waals surface area contributed by atoms with Crippen molar-refractivity contribution in [2.24, 2.45) is 0 Å². The first kappa shape index (κ1) is 35.9. The molecule has 0 N–H and O–H groups in total. The number of fused-ring (bicyclic) bond motifs is 3. The van der Waals surface area contributed by atoms with Crippen molar-refractivity contribution in [3.05, 3.63) is 231 Å². The van der Waals surface area contributed by atoms with Crippen LogP contribution in [0.5, 0.6) is 0 Å². The minimum atomic E-state index is 0.594. The van der Waals surface area contributed by atoms with E-state index in [0.29, 0.717) is 17.5 Å². The lowest BCUT2D eigenvalue weighted by Gasteiger charge is -2.17. The van der Waals surface area contributed by atoms with Crippen molar-refractivity contribution in [1.82, 2.24) is 19.5 Å². The predicted octanol–water partition coefficient (Wildman–Crippen LogP) is 14.6. The van der Waals surface area contributed by atoms with Gasteiger partial charge in [0.1, 0.15) is 0 Å². The number of rotatable bonds is 8. The molecule has 0 amide bonds. The number of para-hydroxylation sites is 2. The monoisotopic (exact) mass is 778 g/mol. The Morgan fingerprint density at radius 2 is 0.623 bits per heavy atom. The van der Waals surface area contributed by atoms with E-state index in [0.717, 1.165) is 66.8 Å². The third kappa shape index (κ3) is 6.86. The van der Waals surface area contributed by atoms with Gasteiger partial charge in [-0.15, -0.1) is 0 Å². The Balaban J connectivity index is 1.17. The summed E-state index contributed by atoms with van der Waals surface area (Å²) in [6.07, 6.45) is 0. The Labute approximate surface area is 354 Å². The molecule has 0 unspecified atom stereocenters. The number of aromatic nitrogens is 4. The maximum absolute atomic E-state index is 5.42. The first-order chi connectivity index (χ1) is 30.2. The van der Waals surface area contributed by atoms with Gasteiger partial charge in [0, 0.05) is 27.5 Å². The van der Waals surface area contributed by atoms with E-state index in [2.05, 4.69) is 217 Å². The van der Waals surface area contributed by atoms with Crippen LogP contribution in [0.1, 0.15) is 0 Å². The molecular formula is C57H38N4. The topological polar surface area (TPSA) is 43.6 Å². The van der Waals surface area contributed by atoms with Gasteiger partial charge in [-0.2, -0.15) is 0 Å². The molecule has 0 fully saturated rings. The van der Waals surface area contributed by atoms with E-state index in [9.17, 15) is 0 Å². The highest BCUT2D eigenvalue weighted by Gasteiger charge is 2.21. The molecule has 4 nitrogen and oxygen atoms in total. The van der Waals surface area contributed by atoms with Crippen LogP contribution < -0.4 is 0 Å². The number of benzene rings is 9. The highest BCUT2D eigenvalue weighted by atomic mass is 15.1. The lowest BCUT2D eigenvalue weighted by atomic mass is 9.95. The zero-order chi connectivity index (χ0) is 40.5. The summed E-state index contributed by atoms with van der Waals surface area (Å²) in [4.78, 5) is 16.0. The summed E-state index contributed by atoms with van der Waals surface area (Å²) in [5.74, 6) is 1.81. The van der Waals surface area contributed by atoms with Crippen molar-refractivity contribution in [2.45, 2.75) is 0 Å². The fourth-order valence-corrected chi connectivity index (χ4v) is 8.47. The first-order valence-corrected chi connectivity index (χ1v) is 20.6.